The normalized spacial score (nSPS) is 17.0. The molecule has 2 aromatic carbocycles. The average molecular weight is 365 g/mol. The van der Waals surface area contributed by atoms with E-state index in [4.69, 9.17) is 0 Å². The summed E-state index contributed by atoms with van der Waals surface area (Å²) < 4.78 is 0. The highest BCUT2D eigenvalue weighted by Gasteiger charge is 2.25. The number of thioether (sulfide) groups is 1. The molecule has 26 heavy (non-hydrogen) atoms. The Labute approximate surface area is 155 Å². The van der Waals surface area contributed by atoms with Gasteiger partial charge in [0.1, 0.15) is 0 Å². The molecule has 0 fully saturated rings. The van der Waals surface area contributed by atoms with Crippen LogP contribution in [-0.4, -0.2) is 27.9 Å². The lowest BCUT2D eigenvalue weighted by atomic mass is 10.1. The van der Waals surface area contributed by atoms with Gasteiger partial charge in [0.15, 0.2) is 0 Å². The van der Waals surface area contributed by atoms with E-state index >= 15 is 0 Å². The molecule has 0 bridgehead atoms. The smallest absolute Gasteiger partial charge is 0.272 e. The number of amides is 1. The number of nitrogens with one attached hydrogen (secondary N) is 1. The third-order valence-electron chi connectivity index (χ3n) is 4.64. The Hall–Kier alpha value is -2.60. The zero-order valence-corrected chi connectivity index (χ0v) is 15.3. The average Bonchev–Trinajstić information content (AvgIpc) is 2.82. The molecule has 4 rings (SSSR count). The topological polar surface area (TPSA) is 66.1 Å². The van der Waals surface area contributed by atoms with E-state index in [2.05, 4.69) is 23.2 Å². The molecule has 6 heteroatoms. The monoisotopic (exact) mass is 365 g/mol. The van der Waals surface area contributed by atoms with Crippen molar-refractivity contribution in [3.63, 3.8) is 0 Å². The number of carbonyl (C=O) groups excluding carboxylic acids is 1. The van der Waals surface area contributed by atoms with E-state index in [1.807, 2.05) is 53.1 Å². The van der Waals surface area contributed by atoms with Crippen molar-refractivity contribution in [3.8, 4) is 0 Å². The van der Waals surface area contributed by atoms with E-state index in [0.717, 1.165) is 22.4 Å². The summed E-state index contributed by atoms with van der Waals surface area (Å²) in [6.07, 6.45) is 1.09. The zero-order valence-electron chi connectivity index (χ0n) is 14.4. The number of H-pyrrole nitrogens is 1. The second kappa shape index (κ2) is 6.96. The number of fused-ring (bicyclic) bond motifs is 2. The molecule has 1 aromatic heterocycles. The Bertz CT molecular complexity index is 1030. The van der Waals surface area contributed by atoms with Crippen molar-refractivity contribution in [2.75, 3.05) is 11.4 Å². The lowest BCUT2D eigenvalue weighted by Crippen LogP contribution is -2.34. The second-order valence-electron chi connectivity index (χ2n) is 6.45. The van der Waals surface area contributed by atoms with Gasteiger partial charge >= 0.3 is 0 Å². The largest absolute Gasteiger partial charge is 0.311 e. The Kier molecular flexibility index (Phi) is 4.51. The van der Waals surface area contributed by atoms with Crippen molar-refractivity contribution >= 4 is 34.1 Å². The molecule has 0 aliphatic carbocycles. The summed E-state index contributed by atoms with van der Waals surface area (Å²) in [7, 11) is 0. The molecule has 0 saturated heterocycles. The predicted octanol–water partition coefficient (Wildman–Crippen LogP) is 3.38. The van der Waals surface area contributed by atoms with Gasteiger partial charge in [-0.3, -0.25) is 9.59 Å². The molecule has 3 aromatic rings. The van der Waals surface area contributed by atoms with Crippen LogP contribution in [0, 0.1) is 0 Å². The van der Waals surface area contributed by atoms with Crippen LogP contribution in [0.25, 0.3) is 10.8 Å². The first-order valence-corrected chi connectivity index (χ1v) is 9.54. The lowest BCUT2D eigenvalue weighted by Gasteiger charge is -2.22. The van der Waals surface area contributed by atoms with Gasteiger partial charge in [0, 0.05) is 22.1 Å². The van der Waals surface area contributed by atoms with Crippen LogP contribution in [0.5, 0.6) is 0 Å². The van der Waals surface area contributed by atoms with Gasteiger partial charge in [-0.05, 0) is 24.6 Å². The number of nitrogens with zero attached hydrogens (tertiary/aromatic N) is 2. The molecule has 0 spiro atoms. The van der Waals surface area contributed by atoms with Gasteiger partial charge in [-0.2, -0.15) is 5.10 Å². The van der Waals surface area contributed by atoms with Gasteiger partial charge in [0.05, 0.1) is 23.2 Å². The molecule has 5 nitrogen and oxygen atoms in total. The number of aromatic amines is 1. The van der Waals surface area contributed by atoms with Crippen LogP contribution in [-0.2, 0) is 11.2 Å². The van der Waals surface area contributed by atoms with E-state index in [1.54, 1.807) is 6.07 Å². The number of benzene rings is 2. The number of para-hydroxylation sites is 1. The molecule has 1 unspecified atom stereocenters. The number of rotatable bonds is 2. The fourth-order valence-electron chi connectivity index (χ4n) is 3.29. The highest BCUT2D eigenvalue weighted by Crippen LogP contribution is 2.37. The van der Waals surface area contributed by atoms with E-state index in [0.29, 0.717) is 22.9 Å². The summed E-state index contributed by atoms with van der Waals surface area (Å²) >= 11 is 1.81. The SMILES string of the molecule is CC1CCN(C(=O)Cc2n[nH]c(=O)c3ccccc23)c2ccccc2S1. The van der Waals surface area contributed by atoms with Crippen molar-refractivity contribution in [2.45, 2.75) is 29.9 Å². The lowest BCUT2D eigenvalue weighted by molar-refractivity contribution is -0.118. The molecule has 1 amide bonds. The van der Waals surface area contributed by atoms with Crippen molar-refractivity contribution in [2.24, 2.45) is 0 Å². The first kappa shape index (κ1) is 16.8. The maximum atomic E-state index is 13.1. The molecule has 2 heterocycles. The minimum Gasteiger partial charge on any atom is -0.311 e. The summed E-state index contributed by atoms with van der Waals surface area (Å²) in [5.74, 6) is -0.00291. The number of aromatic nitrogens is 2. The van der Waals surface area contributed by atoms with Crippen molar-refractivity contribution in [1.82, 2.24) is 10.2 Å². The first-order chi connectivity index (χ1) is 12.6. The molecule has 1 aliphatic heterocycles. The molecule has 1 atom stereocenters. The Morgan fingerprint density at radius 3 is 2.77 bits per heavy atom. The molecular weight excluding hydrogens is 346 g/mol. The van der Waals surface area contributed by atoms with Crippen LogP contribution in [0.4, 0.5) is 5.69 Å². The number of anilines is 1. The number of carbonyl (C=O) groups is 1. The molecular formula is C20H19N3O2S. The molecule has 0 radical (unpaired) electrons. The third-order valence-corrected chi connectivity index (χ3v) is 5.88. The molecule has 1 aliphatic rings. The number of hydrogen-bond donors (Lipinski definition) is 1. The van der Waals surface area contributed by atoms with Gasteiger partial charge in [-0.15, -0.1) is 11.8 Å². The van der Waals surface area contributed by atoms with E-state index in [1.165, 1.54) is 0 Å². The van der Waals surface area contributed by atoms with Crippen LogP contribution in [0.2, 0.25) is 0 Å². The fraction of sp³-hybridized carbons (Fsp3) is 0.250. The summed E-state index contributed by atoms with van der Waals surface area (Å²) in [6.45, 7) is 2.87. The fourth-order valence-corrected chi connectivity index (χ4v) is 4.40. The molecule has 0 saturated carbocycles. The summed E-state index contributed by atoms with van der Waals surface area (Å²) in [6, 6.07) is 15.3. The minimum atomic E-state index is -0.234. The van der Waals surface area contributed by atoms with Gasteiger partial charge in [0.25, 0.3) is 5.56 Å². The maximum Gasteiger partial charge on any atom is 0.272 e. The van der Waals surface area contributed by atoms with Crippen LogP contribution in [0.3, 0.4) is 0 Å². The predicted molar refractivity (Wildman–Crippen MR) is 105 cm³/mol. The van der Waals surface area contributed by atoms with Gasteiger partial charge in [-0.1, -0.05) is 37.3 Å². The number of hydrogen-bond acceptors (Lipinski definition) is 4. The first-order valence-electron chi connectivity index (χ1n) is 8.66. The Morgan fingerprint density at radius 1 is 1.19 bits per heavy atom. The maximum absolute atomic E-state index is 13.1. The third kappa shape index (κ3) is 3.12. The van der Waals surface area contributed by atoms with Gasteiger partial charge in [0.2, 0.25) is 5.91 Å². The highest BCUT2D eigenvalue weighted by molar-refractivity contribution is 8.00. The Morgan fingerprint density at radius 2 is 1.92 bits per heavy atom. The van der Waals surface area contributed by atoms with Crippen LogP contribution >= 0.6 is 11.8 Å². The minimum absolute atomic E-state index is 0.00291. The summed E-state index contributed by atoms with van der Waals surface area (Å²) in [5.41, 5.74) is 1.33. The standard InChI is InChI=1S/C20H19N3O2S/c1-13-10-11-23(17-8-4-5-9-18(17)26-13)19(24)12-16-14-6-2-3-7-15(14)20(25)22-21-16/h2-9,13H,10-12H2,1H3,(H,22,25). The molecule has 1 N–H and O–H groups in total. The Balaban J connectivity index is 1.69. The van der Waals surface area contributed by atoms with E-state index < -0.39 is 0 Å². The summed E-state index contributed by atoms with van der Waals surface area (Å²) in [5, 5.41) is 8.41. The van der Waals surface area contributed by atoms with Crippen LogP contribution in [0.15, 0.2) is 58.2 Å². The van der Waals surface area contributed by atoms with E-state index in [-0.39, 0.29) is 17.9 Å². The van der Waals surface area contributed by atoms with Gasteiger partial charge in [-0.25, -0.2) is 5.10 Å². The van der Waals surface area contributed by atoms with Gasteiger partial charge < -0.3 is 4.90 Å². The van der Waals surface area contributed by atoms with Crippen LogP contribution < -0.4 is 10.5 Å². The second-order valence-corrected chi connectivity index (χ2v) is 7.93. The zero-order chi connectivity index (χ0) is 18.1. The van der Waals surface area contributed by atoms with Crippen molar-refractivity contribution in [3.05, 3.63) is 64.6 Å². The van der Waals surface area contributed by atoms with E-state index in [9.17, 15) is 9.59 Å². The molecule has 132 valence electrons. The van der Waals surface area contributed by atoms with Crippen molar-refractivity contribution in [1.29, 1.82) is 0 Å². The highest BCUT2D eigenvalue weighted by atomic mass is 32.2. The van der Waals surface area contributed by atoms with Crippen molar-refractivity contribution < 1.29 is 4.79 Å². The quantitative estimate of drug-likeness (QED) is 0.756. The van der Waals surface area contributed by atoms with Crippen LogP contribution in [0.1, 0.15) is 19.0 Å². The summed E-state index contributed by atoms with van der Waals surface area (Å²) in [4.78, 5) is 28.0.